The Morgan fingerprint density at radius 2 is 1.82 bits per heavy atom. The van der Waals surface area contributed by atoms with Gasteiger partial charge in [0.05, 0.1) is 5.56 Å². The molecule has 4 nitrogen and oxygen atoms in total. The van der Waals surface area contributed by atoms with Gasteiger partial charge in [-0.2, -0.15) is 0 Å². The fraction of sp³-hybridized carbons (Fsp3) is 0.278. The molecule has 2 aromatic rings. The minimum absolute atomic E-state index is 0.0123. The van der Waals surface area contributed by atoms with Crippen molar-refractivity contribution in [3.05, 3.63) is 60.2 Å². The molecule has 1 aliphatic rings. The van der Waals surface area contributed by atoms with Crippen molar-refractivity contribution in [2.45, 2.75) is 18.9 Å². The van der Waals surface area contributed by atoms with Crippen molar-refractivity contribution >= 4 is 5.91 Å². The summed E-state index contributed by atoms with van der Waals surface area (Å²) in [6.45, 7) is 1.37. The molecule has 0 aliphatic carbocycles. The molecule has 114 valence electrons. The second-order valence-corrected chi connectivity index (χ2v) is 5.56. The average molecular weight is 296 g/mol. The van der Waals surface area contributed by atoms with E-state index < -0.39 is 0 Å². The summed E-state index contributed by atoms with van der Waals surface area (Å²) >= 11 is 0. The zero-order valence-corrected chi connectivity index (χ0v) is 12.4. The summed E-state index contributed by atoms with van der Waals surface area (Å²) in [6, 6.07) is 16.9. The Labute approximate surface area is 130 Å². The summed E-state index contributed by atoms with van der Waals surface area (Å²) in [5.74, 6) is 1.29. The lowest BCUT2D eigenvalue weighted by atomic mass is 10.0. The summed E-state index contributed by atoms with van der Waals surface area (Å²) in [7, 11) is 0. The maximum Gasteiger partial charge on any atom is 0.257 e. The maximum atomic E-state index is 12.7. The van der Waals surface area contributed by atoms with Crippen LogP contribution in [0.15, 0.2) is 54.6 Å². The van der Waals surface area contributed by atoms with Gasteiger partial charge in [0.25, 0.3) is 5.91 Å². The molecule has 0 radical (unpaired) electrons. The minimum Gasteiger partial charge on any atom is -0.457 e. The standard InChI is InChI=1S/C18H20N2O2/c19-14-7-6-12-20(13-14)18(21)16-10-4-5-11-17(16)22-15-8-2-1-3-9-15/h1-5,8-11,14H,6-7,12-13,19H2/t14-/m1/s1. The first-order valence-corrected chi connectivity index (χ1v) is 7.61. The highest BCUT2D eigenvalue weighted by Crippen LogP contribution is 2.26. The molecule has 0 unspecified atom stereocenters. The van der Waals surface area contributed by atoms with E-state index in [2.05, 4.69) is 0 Å². The van der Waals surface area contributed by atoms with Crippen molar-refractivity contribution < 1.29 is 9.53 Å². The molecule has 22 heavy (non-hydrogen) atoms. The number of amides is 1. The number of ether oxygens (including phenoxy) is 1. The zero-order chi connectivity index (χ0) is 15.4. The van der Waals surface area contributed by atoms with Crippen molar-refractivity contribution in [1.29, 1.82) is 0 Å². The monoisotopic (exact) mass is 296 g/mol. The van der Waals surface area contributed by atoms with Crippen molar-refractivity contribution in [2.24, 2.45) is 5.73 Å². The Morgan fingerprint density at radius 3 is 2.59 bits per heavy atom. The largest absolute Gasteiger partial charge is 0.457 e. The van der Waals surface area contributed by atoms with Crippen LogP contribution in [0.1, 0.15) is 23.2 Å². The third-order valence-corrected chi connectivity index (χ3v) is 3.83. The molecule has 0 bridgehead atoms. The normalized spacial score (nSPS) is 18.0. The third kappa shape index (κ3) is 3.28. The highest BCUT2D eigenvalue weighted by atomic mass is 16.5. The topological polar surface area (TPSA) is 55.6 Å². The number of nitrogens with zero attached hydrogens (tertiary/aromatic N) is 1. The van der Waals surface area contributed by atoms with E-state index >= 15 is 0 Å². The molecule has 2 aromatic carbocycles. The first-order valence-electron chi connectivity index (χ1n) is 7.61. The van der Waals surface area contributed by atoms with Gasteiger partial charge in [-0.1, -0.05) is 30.3 Å². The summed E-state index contributed by atoms with van der Waals surface area (Å²) in [5.41, 5.74) is 6.56. The molecule has 4 heteroatoms. The van der Waals surface area contributed by atoms with E-state index in [0.29, 0.717) is 17.9 Å². The molecule has 0 aromatic heterocycles. The van der Waals surface area contributed by atoms with E-state index in [1.165, 1.54) is 0 Å². The Kier molecular flexibility index (Phi) is 4.39. The van der Waals surface area contributed by atoms with Crippen molar-refractivity contribution in [3.63, 3.8) is 0 Å². The smallest absolute Gasteiger partial charge is 0.257 e. The summed E-state index contributed by atoms with van der Waals surface area (Å²) in [6.07, 6.45) is 1.93. The number of hydrogen-bond acceptors (Lipinski definition) is 3. The third-order valence-electron chi connectivity index (χ3n) is 3.83. The van der Waals surface area contributed by atoms with Gasteiger partial charge in [0, 0.05) is 19.1 Å². The number of nitrogens with two attached hydrogens (primary N) is 1. The molecule has 0 spiro atoms. The predicted molar refractivity (Wildman–Crippen MR) is 86.1 cm³/mol. The number of benzene rings is 2. The Bertz CT molecular complexity index is 643. The van der Waals surface area contributed by atoms with Crippen LogP contribution in [0.25, 0.3) is 0 Å². The summed E-state index contributed by atoms with van der Waals surface area (Å²) in [5, 5.41) is 0. The van der Waals surface area contributed by atoms with Gasteiger partial charge in [0.1, 0.15) is 11.5 Å². The van der Waals surface area contributed by atoms with Crippen LogP contribution >= 0.6 is 0 Å². The molecular weight excluding hydrogens is 276 g/mol. The van der Waals surface area contributed by atoms with Crippen LogP contribution in [0, 0.1) is 0 Å². The van der Waals surface area contributed by atoms with Crippen LogP contribution in [-0.4, -0.2) is 29.9 Å². The number of carbonyl (C=O) groups is 1. The van der Waals surface area contributed by atoms with E-state index in [1.54, 1.807) is 6.07 Å². The number of likely N-dealkylation sites (tertiary alicyclic amines) is 1. The highest BCUT2D eigenvalue weighted by molar-refractivity contribution is 5.97. The first kappa shape index (κ1) is 14.6. The molecule has 2 N–H and O–H groups in total. The van der Waals surface area contributed by atoms with E-state index in [9.17, 15) is 4.79 Å². The zero-order valence-electron chi connectivity index (χ0n) is 12.4. The fourth-order valence-corrected chi connectivity index (χ4v) is 2.71. The van der Waals surface area contributed by atoms with Crippen LogP contribution in [0.3, 0.4) is 0 Å². The number of para-hydroxylation sites is 2. The van der Waals surface area contributed by atoms with Gasteiger partial charge in [0.2, 0.25) is 0 Å². The van der Waals surface area contributed by atoms with Gasteiger partial charge >= 0.3 is 0 Å². The van der Waals surface area contributed by atoms with Crippen molar-refractivity contribution in [3.8, 4) is 11.5 Å². The molecule has 3 rings (SSSR count). The quantitative estimate of drug-likeness (QED) is 0.947. The van der Waals surface area contributed by atoms with Gasteiger partial charge in [-0.25, -0.2) is 0 Å². The predicted octanol–water partition coefficient (Wildman–Crippen LogP) is 3.04. The molecule has 1 fully saturated rings. The van der Waals surface area contributed by atoms with Crippen LogP contribution in [0.5, 0.6) is 11.5 Å². The van der Waals surface area contributed by atoms with Crippen molar-refractivity contribution in [2.75, 3.05) is 13.1 Å². The number of rotatable bonds is 3. The summed E-state index contributed by atoms with van der Waals surface area (Å²) < 4.78 is 5.87. The maximum absolute atomic E-state index is 12.7. The second-order valence-electron chi connectivity index (χ2n) is 5.56. The van der Waals surface area contributed by atoms with E-state index in [4.69, 9.17) is 10.5 Å². The minimum atomic E-state index is -0.0123. The number of hydrogen-bond donors (Lipinski definition) is 1. The van der Waals surface area contributed by atoms with Crippen molar-refractivity contribution in [1.82, 2.24) is 4.90 Å². The Morgan fingerprint density at radius 1 is 1.09 bits per heavy atom. The van der Waals surface area contributed by atoms with Crippen LogP contribution in [0.4, 0.5) is 0 Å². The van der Waals surface area contributed by atoms with Crippen LogP contribution in [-0.2, 0) is 0 Å². The fourth-order valence-electron chi connectivity index (χ4n) is 2.71. The second kappa shape index (κ2) is 6.62. The Balaban J connectivity index is 1.83. The average Bonchev–Trinajstić information content (AvgIpc) is 2.56. The highest BCUT2D eigenvalue weighted by Gasteiger charge is 2.24. The van der Waals surface area contributed by atoms with E-state index in [-0.39, 0.29) is 11.9 Å². The van der Waals surface area contributed by atoms with Crippen LogP contribution < -0.4 is 10.5 Å². The molecule has 1 atom stereocenters. The summed E-state index contributed by atoms with van der Waals surface area (Å²) in [4.78, 5) is 14.6. The van der Waals surface area contributed by atoms with Gasteiger partial charge < -0.3 is 15.4 Å². The molecule has 1 aliphatic heterocycles. The number of piperidine rings is 1. The van der Waals surface area contributed by atoms with Gasteiger partial charge in [-0.05, 0) is 37.1 Å². The lowest BCUT2D eigenvalue weighted by Crippen LogP contribution is -2.45. The first-order chi connectivity index (χ1) is 10.7. The SMILES string of the molecule is N[C@@H]1CCCN(C(=O)c2ccccc2Oc2ccccc2)C1. The van der Waals surface area contributed by atoms with Gasteiger partial charge in [-0.15, -0.1) is 0 Å². The molecule has 0 saturated carbocycles. The molecule has 1 heterocycles. The lowest BCUT2D eigenvalue weighted by Gasteiger charge is -2.31. The number of carbonyl (C=O) groups excluding carboxylic acids is 1. The van der Waals surface area contributed by atoms with Crippen LogP contribution in [0.2, 0.25) is 0 Å². The van der Waals surface area contributed by atoms with E-state index in [0.717, 1.165) is 25.1 Å². The van der Waals surface area contributed by atoms with Gasteiger partial charge in [0.15, 0.2) is 0 Å². The Hall–Kier alpha value is -2.33. The molecular formula is C18H20N2O2. The molecule has 1 amide bonds. The van der Waals surface area contributed by atoms with E-state index in [1.807, 2.05) is 53.4 Å². The molecule has 1 saturated heterocycles. The lowest BCUT2D eigenvalue weighted by molar-refractivity contribution is 0.0706. The van der Waals surface area contributed by atoms with Gasteiger partial charge in [-0.3, -0.25) is 4.79 Å².